The molecule has 16 heavy (non-hydrogen) atoms. The molecule has 0 amide bonds. The number of carboxylic acid groups (broad SMARTS) is 1. The number of likely N-dealkylation sites (N-methyl/N-ethyl adjacent to an activating group) is 1. The van der Waals surface area contributed by atoms with Crippen molar-refractivity contribution in [3.63, 3.8) is 0 Å². The number of hydrogen-bond donors (Lipinski definition) is 1. The van der Waals surface area contributed by atoms with Gasteiger partial charge in [0.2, 0.25) is 0 Å². The van der Waals surface area contributed by atoms with E-state index in [9.17, 15) is 4.79 Å². The van der Waals surface area contributed by atoms with E-state index in [2.05, 4.69) is 6.92 Å². The molecule has 0 unspecified atom stereocenters. The molecular weight excluding hydrogens is 202 g/mol. The van der Waals surface area contributed by atoms with Crippen LogP contribution in [0.1, 0.15) is 51.9 Å². The number of rotatable bonds is 9. The minimum atomic E-state index is -0.837. The second kappa shape index (κ2) is 9.25. The summed E-state index contributed by atoms with van der Waals surface area (Å²) < 4.78 is 0. The molecule has 0 spiro atoms. The molecule has 0 aliphatic heterocycles. The number of allylic oxidation sites excluding steroid dienone is 1. The Bertz CT molecular complexity index is 222. The van der Waals surface area contributed by atoms with Gasteiger partial charge in [-0.1, -0.05) is 45.1 Å². The van der Waals surface area contributed by atoms with E-state index in [1.807, 2.05) is 6.08 Å². The van der Waals surface area contributed by atoms with Crippen molar-refractivity contribution >= 4 is 5.97 Å². The van der Waals surface area contributed by atoms with Crippen LogP contribution in [-0.2, 0) is 4.79 Å². The van der Waals surface area contributed by atoms with Crippen LogP contribution in [0.15, 0.2) is 11.8 Å². The lowest BCUT2D eigenvalue weighted by molar-refractivity contribution is -0.134. The van der Waals surface area contributed by atoms with Gasteiger partial charge < -0.3 is 10.0 Å². The van der Waals surface area contributed by atoms with Crippen LogP contribution in [0.25, 0.3) is 0 Å². The SMILES string of the molecule is CCCCCCCC/C=C(\C(=O)O)N(C)C. The molecule has 0 aliphatic rings. The van der Waals surface area contributed by atoms with E-state index < -0.39 is 5.97 Å². The zero-order valence-electron chi connectivity index (χ0n) is 10.8. The highest BCUT2D eigenvalue weighted by Crippen LogP contribution is 2.09. The van der Waals surface area contributed by atoms with Gasteiger partial charge in [0.05, 0.1) is 0 Å². The van der Waals surface area contributed by atoms with Crippen molar-refractivity contribution in [3.05, 3.63) is 11.8 Å². The lowest BCUT2D eigenvalue weighted by Crippen LogP contribution is -2.18. The van der Waals surface area contributed by atoms with Gasteiger partial charge in [-0.15, -0.1) is 0 Å². The maximum atomic E-state index is 10.8. The molecule has 0 radical (unpaired) electrons. The van der Waals surface area contributed by atoms with Crippen LogP contribution in [-0.4, -0.2) is 30.1 Å². The van der Waals surface area contributed by atoms with Crippen molar-refractivity contribution < 1.29 is 9.90 Å². The second-order valence-corrected chi connectivity index (χ2v) is 4.35. The Morgan fingerprint density at radius 1 is 1.12 bits per heavy atom. The first-order chi connectivity index (χ1) is 7.59. The minimum absolute atomic E-state index is 0.397. The minimum Gasteiger partial charge on any atom is -0.477 e. The summed E-state index contributed by atoms with van der Waals surface area (Å²) in [5.74, 6) is -0.837. The molecule has 3 nitrogen and oxygen atoms in total. The van der Waals surface area contributed by atoms with Gasteiger partial charge in [0.1, 0.15) is 5.70 Å². The lowest BCUT2D eigenvalue weighted by Gasteiger charge is -2.12. The largest absolute Gasteiger partial charge is 0.477 e. The Hall–Kier alpha value is -0.990. The molecule has 0 heterocycles. The third-order valence-electron chi connectivity index (χ3n) is 2.60. The highest BCUT2D eigenvalue weighted by atomic mass is 16.4. The molecule has 0 saturated heterocycles. The Morgan fingerprint density at radius 2 is 1.69 bits per heavy atom. The second-order valence-electron chi connectivity index (χ2n) is 4.35. The standard InChI is InChI=1S/C13H25NO2/c1-4-5-6-7-8-9-10-11-12(13(15)16)14(2)3/h11H,4-10H2,1-3H3,(H,15,16)/b12-11+. The fraction of sp³-hybridized carbons (Fsp3) is 0.769. The third-order valence-corrected chi connectivity index (χ3v) is 2.60. The van der Waals surface area contributed by atoms with Gasteiger partial charge in [-0.3, -0.25) is 0 Å². The maximum Gasteiger partial charge on any atom is 0.351 e. The van der Waals surface area contributed by atoms with E-state index in [1.54, 1.807) is 19.0 Å². The Balaban J connectivity index is 3.68. The average Bonchev–Trinajstić information content (AvgIpc) is 2.21. The molecule has 0 aromatic heterocycles. The average molecular weight is 227 g/mol. The van der Waals surface area contributed by atoms with Crippen molar-refractivity contribution in [2.24, 2.45) is 0 Å². The highest BCUT2D eigenvalue weighted by molar-refractivity contribution is 5.85. The van der Waals surface area contributed by atoms with Gasteiger partial charge in [-0.2, -0.15) is 0 Å². The number of hydrogen-bond acceptors (Lipinski definition) is 2. The first kappa shape index (κ1) is 15.0. The maximum absolute atomic E-state index is 10.8. The Kier molecular flexibility index (Phi) is 8.68. The van der Waals surface area contributed by atoms with E-state index in [-0.39, 0.29) is 0 Å². The summed E-state index contributed by atoms with van der Waals surface area (Å²) in [6, 6.07) is 0. The smallest absolute Gasteiger partial charge is 0.351 e. The molecule has 0 aliphatic carbocycles. The number of aliphatic carboxylic acids is 1. The predicted molar refractivity (Wildman–Crippen MR) is 67.4 cm³/mol. The molecular formula is C13H25NO2. The van der Waals surface area contributed by atoms with E-state index in [4.69, 9.17) is 5.11 Å². The Labute approximate surface area is 99.1 Å². The van der Waals surface area contributed by atoms with Crippen LogP contribution < -0.4 is 0 Å². The predicted octanol–water partition coefficient (Wildman–Crippen LogP) is 3.27. The molecule has 3 heteroatoms. The molecule has 0 aromatic rings. The van der Waals surface area contributed by atoms with Crippen molar-refractivity contribution in [3.8, 4) is 0 Å². The monoisotopic (exact) mass is 227 g/mol. The van der Waals surface area contributed by atoms with Gasteiger partial charge in [0, 0.05) is 14.1 Å². The van der Waals surface area contributed by atoms with E-state index >= 15 is 0 Å². The summed E-state index contributed by atoms with van der Waals surface area (Å²) >= 11 is 0. The number of nitrogens with zero attached hydrogens (tertiary/aromatic N) is 1. The molecule has 94 valence electrons. The molecule has 0 fully saturated rings. The summed E-state index contributed by atoms with van der Waals surface area (Å²) in [4.78, 5) is 12.5. The van der Waals surface area contributed by atoms with Gasteiger partial charge in [-0.25, -0.2) is 4.79 Å². The molecule has 0 atom stereocenters. The van der Waals surface area contributed by atoms with Crippen LogP contribution in [0.5, 0.6) is 0 Å². The van der Waals surface area contributed by atoms with E-state index in [0.29, 0.717) is 5.70 Å². The first-order valence-corrected chi connectivity index (χ1v) is 6.20. The van der Waals surface area contributed by atoms with Crippen LogP contribution >= 0.6 is 0 Å². The molecule has 0 rings (SSSR count). The van der Waals surface area contributed by atoms with Gasteiger partial charge in [0.15, 0.2) is 0 Å². The summed E-state index contributed by atoms with van der Waals surface area (Å²) in [5.41, 5.74) is 0.397. The third kappa shape index (κ3) is 7.32. The van der Waals surface area contributed by atoms with Crippen molar-refractivity contribution in [2.75, 3.05) is 14.1 Å². The van der Waals surface area contributed by atoms with E-state index in [0.717, 1.165) is 12.8 Å². The molecule has 1 N–H and O–H groups in total. The zero-order chi connectivity index (χ0) is 12.4. The number of carboxylic acids is 1. The van der Waals surface area contributed by atoms with Crippen molar-refractivity contribution in [2.45, 2.75) is 51.9 Å². The summed E-state index contributed by atoms with van der Waals surface area (Å²) in [6.45, 7) is 2.21. The Morgan fingerprint density at radius 3 is 2.19 bits per heavy atom. The summed E-state index contributed by atoms with van der Waals surface area (Å²) in [6.07, 6.45) is 10.1. The van der Waals surface area contributed by atoms with E-state index in [1.165, 1.54) is 32.1 Å². The fourth-order valence-electron chi connectivity index (χ4n) is 1.62. The lowest BCUT2D eigenvalue weighted by atomic mass is 10.1. The quantitative estimate of drug-likeness (QED) is 0.485. The van der Waals surface area contributed by atoms with Crippen LogP contribution in [0, 0.1) is 0 Å². The molecule has 0 saturated carbocycles. The number of carbonyl (C=O) groups is 1. The van der Waals surface area contributed by atoms with Crippen LogP contribution in [0.4, 0.5) is 0 Å². The first-order valence-electron chi connectivity index (χ1n) is 6.20. The van der Waals surface area contributed by atoms with Crippen LogP contribution in [0.2, 0.25) is 0 Å². The summed E-state index contributed by atoms with van der Waals surface area (Å²) in [5, 5.41) is 8.91. The summed E-state index contributed by atoms with van der Waals surface area (Å²) in [7, 11) is 3.53. The van der Waals surface area contributed by atoms with Crippen molar-refractivity contribution in [1.82, 2.24) is 4.90 Å². The number of unbranched alkanes of at least 4 members (excludes halogenated alkanes) is 6. The fourth-order valence-corrected chi connectivity index (χ4v) is 1.62. The molecule has 0 bridgehead atoms. The van der Waals surface area contributed by atoms with Gasteiger partial charge in [0.25, 0.3) is 0 Å². The van der Waals surface area contributed by atoms with Crippen molar-refractivity contribution in [1.29, 1.82) is 0 Å². The highest BCUT2D eigenvalue weighted by Gasteiger charge is 2.07. The topological polar surface area (TPSA) is 40.5 Å². The zero-order valence-corrected chi connectivity index (χ0v) is 10.8. The normalized spacial score (nSPS) is 11.6. The van der Waals surface area contributed by atoms with Crippen LogP contribution in [0.3, 0.4) is 0 Å². The molecule has 0 aromatic carbocycles. The van der Waals surface area contributed by atoms with Gasteiger partial charge >= 0.3 is 5.97 Å². The van der Waals surface area contributed by atoms with Gasteiger partial charge in [-0.05, 0) is 12.8 Å².